The van der Waals surface area contributed by atoms with E-state index in [1.165, 1.54) is 13.0 Å². The van der Waals surface area contributed by atoms with Gasteiger partial charge in [-0.05, 0) is 13.0 Å². The molecule has 0 amide bonds. The fraction of sp³-hybridized carbons (Fsp3) is 0.176. The Kier molecular flexibility index (Phi) is 3.55. The zero-order valence-corrected chi connectivity index (χ0v) is 12.2. The highest BCUT2D eigenvalue weighted by atomic mass is 16.5. The van der Waals surface area contributed by atoms with Crippen molar-refractivity contribution in [1.82, 2.24) is 0 Å². The number of Topliss-reactive ketones (excluding diaryl/α,β-unsaturated/α-hetero) is 1. The summed E-state index contributed by atoms with van der Waals surface area (Å²) in [7, 11) is 1.57. The van der Waals surface area contributed by atoms with Crippen LogP contribution in [0.2, 0.25) is 0 Å². The molecule has 0 fully saturated rings. The Labute approximate surface area is 126 Å². The van der Waals surface area contributed by atoms with Gasteiger partial charge in [-0.2, -0.15) is 0 Å². The average molecular weight is 298 g/mol. The van der Waals surface area contributed by atoms with Crippen LogP contribution in [-0.4, -0.2) is 19.5 Å². The first-order valence-electron chi connectivity index (χ1n) is 6.76. The lowest BCUT2D eigenvalue weighted by Crippen LogP contribution is -2.09. The molecule has 0 saturated carbocycles. The minimum absolute atomic E-state index is 0.103. The Balaban J connectivity index is 2.36. The summed E-state index contributed by atoms with van der Waals surface area (Å²) in [6, 6.07) is 10.4. The lowest BCUT2D eigenvalue weighted by atomic mass is 10.1. The van der Waals surface area contributed by atoms with Crippen LogP contribution in [0.25, 0.3) is 21.7 Å². The van der Waals surface area contributed by atoms with Crippen molar-refractivity contribution in [3.05, 3.63) is 46.8 Å². The van der Waals surface area contributed by atoms with Gasteiger partial charge < -0.3 is 13.9 Å². The minimum atomic E-state index is -0.527. The number of rotatable bonds is 4. The van der Waals surface area contributed by atoms with Gasteiger partial charge >= 0.3 is 5.63 Å². The summed E-state index contributed by atoms with van der Waals surface area (Å²) in [6.45, 7) is 1.32. The molecule has 0 saturated heterocycles. The first kappa shape index (κ1) is 14.1. The van der Waals surface area contributed by atoms with E-state index in [-0.39, 0.29) is 12.4 Å². The van der Waals surface area contributed by atoms with Crippen molar-refractivity contribution in [2.24, 2.45) is 0 Å². The Morgan fingerprint density at radius 1 is 1.09 bits per heavy atom. The molecule has 0 aliphatic rings. The van der Waals surface area contributed by atoms with Gasteiger partial charge in [0.15, 0.2) is 5.78 Å². The largest absolute Gasteiger partial charge is 0.496 e. The number of methoxy groups -OCH3 is 1. The molecule has 2 aromatic carbocycles. The van der Waals surface area contributed by atoms with Crippen LogP contribution in [0.5, 0.6) is 11.5 Å². The standard InChI is InChI=1S/C17H14O5/c1-10(18)9-21-15-8-16(19)22-17-12-6-4-3-5-11(12)14(20-2)7-13(15)17/h3-8H,9H2,1-2H3. The third-order valence-corrected chi connectivity index (χ3v) is 3.33. The molecule has 5 heteroatoms. The summed E-state index contributed by atoms with van der Waals surface area (Å²) in [5, 5.41) is 2.18. The maximum atomic E-state index is 11.8. The summed E-state index contributed by atoms with van der Waals surface area (Å²) in [4.78, 5) is 22.9. The smallest absolute Gasteiger partial charge is 0.339 e. The van der Waals surface area contributed by atoms with Gasteiger partial charge in [0.25, 0.3) is 0 Å². The number of hydrogen-bond donors (Lipinski definition) is 0. The number of carbonyl (C=O) groups is 1. The van der Waals surface area contributed by atoms with Crippen molar-refractivity contribution < 1.29 is 18.7 Å². The predicted octanol–water partition coefficient (Wildman–Crippen LogP) is 2.92. The topological polar surface area (TPSA) is 65.7 Å². The van der Waals surface area contributed by atoms with E-state index in [0.29, 0.717) is 22.5 Å². The lowest BCUT2D eigenvalue weighted by Gasteiger charge is -2.11. The predicted molar refractivity (Wildman–Crippen MR) is 82.7 cm³/mol. The van der Waals surface area contributed by atoms with Crippen molar-refractivity contribution in [1.29, 1.82) is 0 Å². The van der Waals surface area contributed by atoms with Gasteiger partial charge in [-0.3, -0.25) is 4.79 Å². The number of hydrogen-bond acceptors (Lipinski definition) is 5. The first-order valence-corrected chi connectivity index (χ1v) is 6.76. The summed E-state index contributed by atoms with van der Waals surface area (Å²) in [6.07, 6.45) is 0. The van der Waals surface area contributed by atoms with Gasteiger partial charge in [0.1, 0.15) is 23.7 Å². The van der Waals surface area contributed by atoms with E-state index < -0.39 is 5.63 Å². The van der Waals surface area contributed by atoms with Crippen LogP contribution >= 0.6 is 0 Å². The molecule has 5 nitrogen and oxygen atoms in total. The molecule has 1 aromatic heterocycles. The molecule has 0 radical (unpaired) electrons. The van der Waals surface area contributed by atoms with Crippen LogP contribution in [0.3, 0.4) is 0 Å². The summed E-state index contributed by atoms with van der Waals surface area (Å²) < 4.78 is 16.2. The monoisotopic (exact) mass is 298 g/mol. The highest BCUT2D eigenvalue weighted by Gasteiger charge is 2.14. The zero-order chi connectivity index (χ0) is 15.7. The summed E-state index contributed by atoms with van der Waals surface area (Å²) >= 11 is 0. The second kappa shape index (κ2) is 5.52. The second-order valence-corrected chi connectivity index (χ2v) is 4.92. The van der Waals surface area contributed by atoms with Crippen LogP contribution in [0, 0.1) is 0 Å². The molecule has 0 unspecified atom stereocenters. The van der Waals surface area contributed by atoms with Gasteiger partial charge in [0.05, 0.1) is 18.6 Å². The molecule has 112 valence electrons. The van der Waals surface area contributed by atoms with E-state index in [2.05, 4.69) is 0 Å². The highest BCUT2D eigenvalue weighted by Crippen LogP contribution is 2.36. The number of carbonyl (C=O) groups excluding carboxylic acids is 1. The fourth-order valence-corrected chi connectivity index (χ4v) is 2.39. The first-order chi connectivity index (χ1) is 10.6. The fourth-order valence-electron chi connectivity index (χ4n) is 2.39. The van der Waals surface area contributed by atoms with Gasteiger partial charge in [0.2, 0.25) is 0 Å². The molecule has 0 spiro atoms. The summed E-state index contributed by atoms with van der Waals surface area (Å²) in [5.74, 6) is 0.823. The molecule has 1 heterocycles. The van der Waals surface area contributed by atoms with Gasteiger partial charge in [0, 0.05) is 10.8 Å². The van der Waals surface area contributed by atoms with Gasteiger partial charge in [-0.1, -0.05) is 24.3 Å². The van der Waals surface area contributed by atoms with E-state index in [9.17, 15) is 9.59 Å². The van der Waals surface area contributed by atoms with E-state index in [1.807, 2.05) is 24.3 Å². The third kappa shape index (κ3) is 2.41. The molecular formula is C17H14O5. The van der Waals surface area contributed by atoms with Crippen LogP contribution in [-0.2, 0) is 4.79 Å². The molecular weight excluding hydrogens is 284 g/mol. The van der Waals surface area contributed by atoms with E-state index >= 15 is 0 Å². The molecule has 0 atom stereocenters. The molecule has 0 N–H and O–H groups in total. The van der Waals surface area contributed by atoms with Crippen LogP contribution in [0.1, 0.15) is 6.92 Å². The minimum Gasteiger partial charge on any atom is -0.496 e. The molecule has 3 aromatic rings. The number of ketones is 1. The maximum absolute atomic E-state index is 11.8. The normalized spacial score (nSPS) is 10.8. The number of benzene rings is 2. The maximum Gasteiger partial charge on any atom is 0.339 e. The highest BCUT2D eigenvalue weighted by molar-refractivity contribution is 6.08. The zero-order valence-electron chi connectivity index (χ0n) is 12.2. The lowest BCUT2D eigenvalue weighted by molar-refractivity contribution is -0.118. The molecule has 0 aliphatic heterocycles. The Hall–Kier alpha value is -2.82. The Morgan fingerprint density at radius 3 is 2.50 bits per heavy atom. The quantitative estimate of drug-likeness (QED) is 0.547. The van der Waals surface area contributed by atoms with Gasteiger partial charge in [-0.25, -0.2) is 4.79 Å². The molecule has 0 aliphatic carbocycles. The van der Waals surface area contributed by atoms with Crippen molar-refractivity contribution >= 4 is 27.5 Å². The van der Waals surface area contributed by atoms with Crippen LogP contribution < -0.4 is 15.1 Å². The van der Waals surface area contributed by atoms with Crippen LogP contribution in [0.4, 0.5) is 0 Å². The van der Waals surface area contributed by atoms with Crippen molar-refractivity contribution in [2.75, 3.05) is 13.7 Å². The summed E-state index contributed by atoms with van der Waals surface area (Å²) in [5.41, 5.74) is -0.108. The number of ether oxygens (including phenoxy) is 2. The average Bonchev–Trinajstić information content (AvgIpc) is 2.52. The second-order valence-electron chi connectivity index (χ2n) is 4.92. The SMILES string of the molecule is COc1cc2c(OCC(C)=O)cc(=O)oc2c2ccccc12. The van der Waals surface area contributed by atoms with E-state index in [4.69, 9.17) is 13.9 Å². The van der Waals surface area contributed by atoms with Crippen molar-refractivity contribution in [2.45, 2.75) is 6.92 Å². The Bertz CT molecular complexity index is 923. The molecule has 3 rings (SSSR count). The van der Waals surface area contributed by atoms with Crippen LogP contribution in [0.15, 0.2) is 45.6 Å². The van der Waals surface area contributed by atoms with E-state index in [0.717, 1.165) is 10.8 Å². The van der Waals surface area contributed by atoms with Crippen molar-refractivity contribution in [3.8, 4) is 11.5 Å². The number of fused-ring (bicyclic) bond motifs is 3. The van der Waals surface area contributed by atoms with E-state index in [1.54, 1.807) is 13.2 Å². The third-order valence-electron chi connectivity index (χ3n) is 3.33. The van der Waals surface area contributed by atoms with Crippen molar-refractivity contribution in [3.63, 3.8) is 0 Å². The molecule has 0 bridgehead atoms. The molecule has 22 heavy (non-hydrogen) atoms. The van der Waals surface area contributed by atoms with Gasteiger partial charge in [-0.15, -0.1) is 0 Å². The Morgan fingerprint density at radius 2 is 1.82 bits per heavy atom.